The Morgan fingerprint density at radius 2 is 2.04 bits per heavy atom. The van der Waals surface area contributed by atoms with Crippen LogP contribution in [0.25, 0.3) is 22.3 Å². The van der Waals surface area contributed by atoms with Crippen molar-refractivity contribution in [2.45, 2.75) is 26.4 Å². The van der Waals surface area contributed by atoms with Gasteiger partial charge in [0.1, 0.15) is 5.01 Å². The number of aryl methyl sites for hydroxylation is 2. The van der Waals surface area contributed by atoms with Crippen molar-refractivity contribution in [3.63, 3.8) is 0 Å². The molecule has 0 spiro atoms. The fourth-order valence-corrected chi connectivity index (χ4v) is 3.89. The number of hydrogen-bond donors (Lipinski definition) is 1. The number of fused-ring (bicyclic) bond motifs is 1. The Labute approximate surface area is 156 Å². The first-order valence-electron chi connectivity index (χ1n) is 8.64. The molecule has 5 nitrogen and oxygen atoms in total. The normalized spacial score (nSPS) is 12.6. The van der Waals surface area contributed by atoms with Crippen molar-refractivity contribution in [3.8, 4) is 11.3 Å². The van der Waals surface area contributed by atoms with Crippen molar-refractivity contribution >= 4 is 22.4 Å². The quantitative estimate of drug-likeness (QED) is 0.576. The van der Waals surface area contributed by atoms with Crippen LogP contribution in [0.5, 0.6) is 0 Å². The molecular weight excluding hydrogens is 342 g/mol. The first-order chi connectivity index (χ1) is 12.6. The monoisotopic (exact) mass is 363 g/mol. The number of nitrogens with zero attached hydrogens (tertiary/aromatic N) is 4. The standard InChI is InChI=1S/C20H21N5S/c1-13-17-9-15(11-22-19(17)25(3)24-13)10-21-14(2)20-23-18(12-26-20)16-7-5-4-6-8-16/h4-9,11-12,14,21H,10H2,1-3H3. The molecule has 0 aliphatic heterocycles. The van der Waals surface area contributed by atoms with Crippen LogP contribution in [0.2, 0.25) is 0 Å². The summed E-state index contributed by atoms with van der Waals surface area (Å²) < 4.78 is 1.82. The van der Waals surface area contributed by atoms with Gasteiger partial charge in [0.25, 0.3) is 0 Å². The van der Waals surface area contributed by atoms with Crippen LogP contribution in [-0.2, 0) is 13.6 Å². The van der Waals surface area contributed by atoms with Crippen LogP contribution in [-0.4, -0.2) is 19.7 Å². The highest BCUT2D eigenvalue weighted by Crippen LogP contribution is 2.25. The predicted molar refractivity (Wildman–Crippen MR) is 106 cm³/mol. The van der Waals surface area contributed by atoms with Crippen LogP contribution in [0.3, 0.4) is 0 Å². The lowest BCUT2D eigenvalue weighted by atomic mass is 10.2. The Hall–Kier alpha value is -2.57. The van der Waals surface area contributed by atoms with Gasteiger partial charge in [0.05, 0.1) is 17.4 Å². The molecule has 132 valence electrons. The summed E-state index contributed by atoms with van der Waals surface area (Å²) in [7, 11) is 1.93. The first kappa shape index (κ1) is 16.9. The van der Waals surface area contributed by atoms with E-state index >= 15 is 0 Å². The van der Waals surface area contributed by atoms with Gasteiger partial charge in [-0.1, -0.05) is 30.3 Å². The van der Waals surface area contributed by atoms with E-state index in [1.54, 1.807) is 11.3 Å². The van der Waals surface area contributed by atoms with Gasteiger partial charge in [0.15, 0.2) is 5.65 Å². The third kappa shape index (κ3) is 3.25. The Morgan fingerprint density at radius 1 is 1.23 bits per heavy atom. The largest absolute Gasteiger partial charge is 0.304 e. The minimum absolute atomic E-state index is 0.183. The molecule has 0 aliphatic rings. The van der Waals surface area contributed by atoms with Gasteiger partial charge in [0, 0.05) is 36.1 Å². The molecule has 0 saturated heterocycles. The van der Waals surface area contributed by atoms with Gasteiger partial charge >= 0.3 is 0 Å². The van der Waals surface area contributed by atoms with Crippen LogP contribution in [0, 0.1) is 6.92 Å². The summed E-state index contributed by atoms with van der Waals surface area (Å²) in [6, 6.07) is 12.6. The van der Waals surface area contributed by atoms with Gasteiger partial charge < -0.3 is 5.32 Å². The smallest absolute Gasteiger partial charge is 0.157 e. The van der Waals surface area contributed by atoms with E-state index in [1.807, 2.05) is 43.0 Å². The highest BCUT2D eigenvalue weighted by Gasteiger charge is 2.12. The molecule has 0 radical (unpaired) electrons. The van der Waals surface area contributed by atoms with Crippen molar-refractivity contribution in [2.24, 2.45) is 7.05 Å². The second kappa shape index (κ2) is 6.97. The molecule has 1 unspecified atom stereocenters. The van der Waals surface area contributed by atoms with Crippen molar-refractivity contribution in [1.82, 2.24) is 25.1 Å². The molecule has 1 atom stereocenters. The van der Waals surface area contributed by atoms with Crippen LogP contribution in [0.1, 0.15) is 29.2 Å². The van der Waals surface area contributed by atoms with E-state index in [4.69, 9.17) is 4.98 Å². The molecule has 4 rings (SSSR count). The average Bonchev–Trinajstić information content (AvgIpc) is 3.26. The number of aromatic nitrogens is 4. The molecule has 0 saturated carbocycles. The summed E-state index contributed by atoms with van der Waals surface area (Å²) in [5.41, 5.74) is 5.28. The molecule has 1 N–H and O–H groups in total. The molecule has 1 aromatic carbocycles. The molecule has 0 fully saturated rings. The van der Waals surface area contributed by atoms with Gasteiger partial charge in [-0.3, -0.25) is 4.68 Å². The number of benzene rings is 1. The van der Waals surface area contributed by atoms with Gasteiger partial charge in [-0.15, -0.1) is 11.3 Å². The molecule has 26 heavy (non-hydrogen) atoms. The molecule has 0 bridgehead atoms. The maximum atomic E-state index is 4.79. The fraction of sp³-hybridized carbons (Fsp3) is 0.250. The molecule has 3 aromatic heterocycles. The first-order valence-corrected chi connectivity index (χ1v) is 9.52. The van der Waals surface area contributed by atoms with E-state index in [0.717, 1.165) is 45.1 Å². The number of thiazole rings is 1. The SMILES string of the molecule is Cc1nn(C)c2ncc(CNC(C)c3nc(-c4ccccc4)cs3)cc12. The maximum Gasteiger partial charge on any atom is 0.157 e. The molecule has 3 heterocycles. The maximum absolute atomic E-state index is 4.79. The highest BCUT2D eigenvalue weighted by atomic mass is 32.1. The zero-order valence-electron chi connectivity index (χ0n) is 15.1. The molecule has 6 heteroatoms. The Balaban J connectivity index is 1.46. The zero-order chi connectivity index (χ0) is 18.1. The second-order valence-electron chi connectivity index (χ2n) is 6.46. The van der Waals surface area contributed by atoms with E-state index in [9.17, 15) is 0 Å². The van der Waals surface area contributed by atoms with Crippen LogP contribution >= 0.6 is 11.3 Å². The van der Waals surface area contributed by atoms with Crippen molar-refractivity contribution in [1.29, 1.82) is 0 Å². The van der Waals surface area contributed by atoms with Crippen molar-refractivity contribution < 1.29 is 0 Å². The van der Waals surface area contributed by atoms with E-state index in [1.165, 1.54) is 0 Å². The third-order valence-corrected chi connectivity index (χ3v) is 5.52. The third-order valence-electron chi connectivity index (χ3n) is 4.49. The Kier molecular flexibility index (Phi) is 4.53. The van der Waals surface area contributed by atoms with Gasteiger partial charge in [-0.05, 0) is 25.5 Å². The summed E-state index contributed by atoms with van der Waals surface area (Å²) in [5, 5.41) is 12.3. The fourth-order valence-electron chi connectivity index (χ4n) is 3.03. The van der Waals surface area contributed by atoms with Gasteiger partial charge in [-0.2, -0.15) is 5.10 Å². The van der Waals surface area contributed by atoms with E-state index in [2.05, 4.69) is 45.9 Å². The highest BCUT2D eigenvalue weighted by molar-refractivity contribution is 7.10. The predicted octanol–water partition coefficient (Wildman–Crippen LogP) is 4.25. The summed E-state index contributed by atoms with van der Waals surface area (Å²) in [5.74, 6) is 0. The van der Waals surface area contributed by atoms with Crippen LogP contribution < -0.4 is 5.32 Å². The lowest BCUT2D eigenvalue weighted by molar-refractivity contribution is 0.571. The van der Waals surface area contributed by atoms with E-state index in [0.29, 0.717) is 0 Å². The number of rotatable bonds is 5. The Bertz CT molecular complexity index is 1030. The Morgan fingerprint density at radius 3 is 2.85 bits per heavy atom. The minimum Gasteiger partial charge on any atom is -0.304 e. The van der Waals surface area contributed by atoms with E-state index in [-0.39, 0.29) is 6.04 Å². The van der Waals surface area contributed by atoms with Gasteiger partial charge in [-0.25, -0.2) is 9.97 Å². The lowest BCUT2D eigenvalue weighted by Crippen LogP contribution is -2.18. The summed E-state index contributed by atoms with van der Waals surface area (Å²) in [6.45, 7) is 4.91. The number of hydrogen-bond acceptors (Lipinski definition) is 5. The second-order valence-corrected chi connectivity index (χ2v) is 7.35. The van der Waals surface area contributed by atoms with Crippen LogP contribution in [0.4, 0.5) is 0 Å². The van der Waals surface area contributed by atoms with E-state index < -0.39 is 0 Å². The minimum atomic E-state index is 0.183. The lowest BCUT2D eigenvalue weighted by Gasteiger charge is -2.11. The number of pyridine rings is 1. The molecular formula is C20H21N5S. The molecule has 4 aromatic rings. The summed E-state index contributed by atoms with van der Waals surface area (Å²) in [6.07, 6.45) is 1.92. The topological polar surface area (TPSA) is 55.6 Å². The van der Waals surface area contributed by atoms with Crippen LogP contribution in [0.15, 0.2) is 48.0 Å². The average molecular weight is 363 g/mol. The summed E-state index contributed by atoms with van der Waals surface area (Å²) in [4.78, 5) is 9.33. The van der Waals surface area contributed by atoms with Gasteiger partial charge in [0.2, 0.25) is 0 Å². The molecule has 0 aliphatic carbocycles. The summed E-state index contributed by atoms with van der Waals surface area (Å²) >= 11 is 1.69. The zero-order valence-corrected chi connectivity index (χ0v) is 15.9. The van der Waals surface area contributed by atoms with Crippen molar-refractivity contribution in [2.75, 3.05) is 0 Å². The van der Waals surface area contributed by atoms with Crippen molar-refractivity contribution in [3.05, 3.63) is 64.2 Å². The molecule has 0 amide bonds. The number of nitrogens with one attached hydrogen (secondary N) is 1.